The summed E-state index contributed by atoms with van der Waals surface area (Å²) in [6, 6.07) is 7.21. The molecule has 5 nitrogen and oxygen atoms in total. The Kier molecular flexibility index (Phi) is 3.72. The highest BCUT2D eigenvalue weighted by Crippen LogP contribution is 2.34. The summed E-state index contributed by atoms with van der Waals surface area (Å²) in [6.45, 7) is 0.320. The Labute approximate surface area is 106 Å². The lowest BCUT2D eigenvalue weighted by atomic mass is 9.92. The van der Waals surface area contributed by atoms with Crippen LogP contribution in [0.15, 0.2) is 24.3 Å². The first-order chi connectivity index (χ1) is 8.67. The number of rotatable bonds is 3. The lowest BCUT2D eigenvalue weighted by Crippen LogP contribution is -2.38. The molecule has 1 amide bonds. The van der Waals surface area contributed by atoms with Gasteiger partial charge in [0.05, 0.1) is 19.8 Å². The van der Waals surface area contributed by atoms with Gasteiger partial charge in [0.15, 0.2) is 0 Å². The first kappa shape index (κ1) is 12.7. The Morgan fingerprint density at radius 1 is 1.44 bits per heavy atom. The summed E-state index contributed by atoms with van der Waals surface area (Å²) in [7, 11) is 1.60. The molecule has 0 saturated carbocycles. The predicted octanol–water partition coefficient (Wildman–Crippen LogP) is 1.52. The zero-order chi connectivity index (χ0) is 13.1. The van der Waals surface area contributed by atoms with E-state index in [-0.39, 0.29) is 18.6 Å². The van der Waals surface area contributed by atoms with Gasteiger partial charge < -0.3 is 19.8 Å². The summed E-state index contributed by atoms with van der Waals surface area (Å²) in [4.78, 5) is 12.4. The number of hydrogen-bond donors (Lipinski definition) is 2. The Hall–Kier alpha value is -1.75. The third-order valence-corrected chi connectivity index (χ3v) is 3.52. The third-order valence-electron chi connectivity index (χ3n) is 3.52. The maximum Gasteiger partial charge on any atom is 0.407 e. The standard InChI is InChI=1S/C13H17NO4/c1-18-10-4-2-9(3-5-10)11-6-7-14(13(16)17)12(11)8-15/h2-5,11-12,15H,6-8H2,1H3,(H,16,17)/t11-,12+/m1/s1. The number of carbonyl (C=O) groups is 1. The van der Waals surface area contributed by atoms with Gasteiger partial charge in [-0.3, -0.25) is 0 Å². The van der Waals surface area contributed by atoms with Gasteiger partial charge in [-0.05, 0) is 24.1 Å². The van der Waals surface area contributed by atoms with E-state index in [2.05, 4.69) is 0 Å². The van der Waals surface area contributed by atoms with E-state index >= 15 is 0 Å². The van der Waals surface area contributed by atoms with Crippen molar-refractivity contribution in [1.29, 1.82) is 0 Å². The lowest BCUT2D eigenvalue weighted by Gasteiger charge is -2.24. The Morgan fingerprint density at radius 2 is 2.11 bits per heavy atom. The molecule has 2 atom stereocenters. The van der Waals surface area contributed by atoms with Crippen molar-refractivity contribution in [1.82, 2.24) is 4.90 Å². The molecule has 1 aromatic rings. The largest absolute Gasteiger partial charge is 0.497 e. The molecule has 0 spiro atoms. The van der Waals surface area contributed by atoms with Gasteiger partial charge in [0.2, 0.25) is 0 Å². The molecular formula is C13H17NO4. The van der Waals surface area contributed by atoms with Gasteiger partial charge in [0, 0.05) is 12.5 Å². The summed E-state index contributed by atoms with van der Waals surface area (Å²) in [5, 5.41) is 18.4. The smallest absolute Gasteiger partial charge is 0.407 e. The number of nitrogens with zero attached hydrogens (tertiary/aromatic N) is 1. The van der Waals surface area contributed by atoms with E-state index in [1.54, 1.807) is 7.11 Å². The predicted molar refractivity (Wildman–Crippen MR) is 66.0 cm³/mol. The number of carboxylic acid groups (broad SMARTS) is 1. The van der Waals surface area contributed by atoms with Crippen molar-refractivity contribution in [2.24, 2.45) is 0 Å². The molecule has 0 aromatic heterocycles. The van der Waals surface area contributed by atoms with E-state index in [1.165, 1.54) is 4.90 Å². The summed E-state index contributed by atoms with van der Waals surface area (Å²) in [5.41, 5.74) is 1.04. The molecule has 1 heterocycles. The highest BCUT2D eigenvalue weighted by Gasteiger charge is 2.37. The molecule has 98 valence electrons. The minimum Gasteiger partial charge on any atom is -0.497 e. The van der Waals surface area contributed by atoms with Gasteiger partial charge >= 0.3 is 6.09 Å². The molecule has 0 bridgehead atoms. The van der Waals surface area contributed by atoms with E-state index in [4.69, 9.17) is 9.84 Å². The summed E-state index contributed by atoms with van der Waals surface area (Å²) in [6.07, 6.45) is -0.228. The van der Waals surface area contributed by atoms with Crippen LogP contribution >= 0.6 is 0 Å². The topological polar surface area (TPSA) is 70.0 Å². The van der Waals surface area contributed by atoms with Crippen LogP contribution in [-0.2, 0) is 0 Å². The quantitative estimate of drug-likeness (QED) is 0.854. The molecule has 2 rings (SSSR count). The number of methoxy groups -OCH3 is 1. The second kappa shape index (κ2) is 5.27. The van der Waals surface area contributed by atoms with Crippen LogP contribution in [0, 0.1) is 0 Å². The first-order valence-corrected chi connectivity index (χ1v) is 5.91. The summed E-state index contributed by atoms with van der Waals surface area (Å²) in [5.74, 6) is 0.824. The number of aliphatic hydroxyl groups excluding tert-OH is 1. The fourth-order valence-electron chi connectivity index (χ4n) is 2.56. The molecule has 1 aliphatic rings. The minimum atomic E-state index is -0.968. The van der Waals surface area contributed by atoms with Gasteiger partial charge in [-0.1, -0.05) is 12.1 Å². The van der Waals surface area contributed by atoms with Crippen LogP contribution < -0.4 is 4.74 Å². The monoisotopic (exact) mass is 251 g/mol. The van der Waals surface area contributed by atoms with Crippen molar-refractivity contribution >= 4 is 6.09 Å². The second-order valence-corrected chi connectivity index (χ2v) is 4.39. The summed E-state index contributed by atoms with van der Waals surface area (Å²) >= 11 is 0. The van der Waals surface area contributed by atoms with Crippen molar-refractivity contribution in [3.05, 3.63) is 29.8 Å². The van der Waals surface area contributed by atoms with Crippen molar-refractivity contribution in [2.45, 2.75) is 18.4 Å². The number of likely N-dealkylation sites (tertiary alicyclic amines) is 1. The van der Waals surface area contributed by atoms with Gasteiger partial charge in [0.25, 0.3) is 0 Å². The fraction of sp³-hybridized carbons (Fsp3) is 0.462. The Bertz CT molecular complexity index is 418. The van der Waals surface area contributed by atoms with Gasteiger partial charge in [-0.15, -0.1) is 0 Å². The molecule has 18 heavy (non-hydrogen) atoms. The van der Waals surface area contributed by atoms with Crippen LogP contribution in [0.4, 0.5) is 4.79 Å². The van der Waals surface area contributed by atoms with Gasteiger partial charge in [0.1, 0.15) is 5.75 Å². The molecule has 5 heteroatoms. The van der Waals surface area contributed by atoms with Gasteiger partial charge in [-0.2, -0.15) is 0 Å². The zero-order valence-corrected chi connectivity index (χ0v) is 10.2. The van der Waals surface area contributed by atoms with Crippen LogP contribution in [0.1, 0.15) is 17.9 Å². The first-order valence-electron chi connectivity index (χ1n) is 5.91. The average molecular weight is 251 g/mol. The third kappa shape index (κ3) is 2.26. The molecule has 0 unspecified atom stereocenters. The van der Waals surface area contributed by atoms with Crippen molar-refractivity contribution in [3.8, 4) is 5.75 Å². The van der Waals surface area contributed by atoms with E-state index < -0.39 is 6.09 Å². The second-order valence-electron chi connectivity index (χ2n) is 4.39. The number of benzene rings is 1. The van der Waals surface area contributed by atoms with Crippen molar-refractivity contribution < 1.29 is 19.7 Å². The van der Waals surface area contributed by atoms with Crippen LogP contribution in [0.3, 0.4) is 0 Å². The van der Waals surface area contributed by atoms with Crippen LogP contribution in [0.5, 0.6) is 5.75 Å². The minimum absolute atomic E-state index is 0.0528. The van der Waals surface area contributed by atoms with Crippen molar-refractivity contribution in [3.63, 3.8) is 0 Å². The summed E-state index contributed by atoms with van der Waals surface area (Å²) < 4.78 is 5.09. The molecule has 0 radical (unpaired) electrons. The van der Waals surface area contributed by atoms with E-state index in [0.29, 0.717) is 6.54 Å². The number of hydrogen-bond acceptors (Lipinski definition) is 3. The normalized spacial score (nSPS) is 23.1. The Morgan fingerprint density at radius 3 is 2.61 bits per heavy atom. The molecule has 1 saturated heterocycles. The van der Waals surface area contributed by atoms with Crippen LogP contribution in [-0.4, -0.2) is 47.5 Å². The van der Waals surface area contributed by atoms with Gasteiger partial charge in [-0.25, -0.2) is 4.79 Å². The maximum atomic E-state index is 11.0. The molecule has 1 aliphatic heterocycles. The Balaban J connectivity index is 2.19. The van der Waals surface area contributed by atoms with Crippen LogP contribution in [0.25, 0.3) is 0 Å². The average Bonchev–Trinajstić information content (AvgIpc) is 2.82. The highest BCUT2D eigenvalue weighted by molar-refractivity contribution is 5.66. The van der Waals surface area contributed by atoms with Crippen LogP contribution in [0.2, 0.25) is 0 Å². The number of amides is 1. The highest BCUT2D eigenvalue weighted by atomic mass is 16.5. The molecule has 1 fully saturated rings. The molecule has 1 aromatic carbocycles. The lowest BCUT2D eigenvalue weighted by molar-refractivity contribution is 0.114. The maximum absolute atomic E-state index is 11.0. The van der Waals surface area contributed by atoms with E-state index in [1.807, 2.05) is 24.3 Å². The molecule has 2 N–H and O–H groups in total. The zero-order valence-electron chi connectivity index (χ0n) is 10.2. The van der Waals surface area contributed by atoms with E-state index in [9.17, 15) is 9.90 Å². The number of ether oxygens (including phenoxy) is 1. The fourth-order valence-corrected chi connectivity index (χ4v) is 2.56. The number of aliphatic hydroxyl groups is 1. The van der Waals surface area contributed by atoms with E-state index in [0.717, 1.165) is 17.7 Å². The molecule has 0 aliphatic carbocycles. The SMILES string of the molecule is COc1ccc([C@H]2CCN(C(=O)O)[C@H]2CO)cc1. The molecular weight excluding hydrogens is 234 g/mol. The van der Waals surface area contributed by atoms with Crippen molar-refractivity contribution in [2.75, 3.05) is 20.3 Å².